The second kappa shape index (κ2) is 6.28. The van der Waals surface area contributed by atoms with Crippen LogP contribution in [0.5, 0.6) is 5.75 Å². The van der Waals surface area contributed by atoms with Crippen molar-refractivity contribution >= 4 is 17.2 Å². The summed E-state index contributed by atoms with van der Waals surface area (Å²) >= 11 is 0. The molecule has 1 aromatic carbocycles. The highest BCUT2D eigenvalue weighted by atomic mass is 16.5. The van der Waals surface area contributed by atoms with E-state index in [0.717, 1.165) is 23.4 Å². The number of pyridine rings is 1. The van der Waals surface area contributed by atoms with Crippen LogP contribution in [-0.4, -0.2) is 11.1 Å². The van der Waals surface area contributed by atoms with Crippen LogP contribution in [-0.2, 0) is 0 Å². The van der Waals surface area contributed by atoms with Crippen molar-refractivity contribution in [3.63, 3.8) is 0 Å². The molecule has 0 aliphatic rings. The fraction of sp³-hybridized carbons (Fsp3) is 0.312. The molecule has 2 aromatic rings. The monoisotopic (exact) mass is 271 g/mol. The number of ether oxygens (including phenoxy) is 1. The molecule has 0 bridgehead atoms. The zero-order valence-electron chi connectivity index (χ0n) is 12.2. The summed E-state index contributed by atoms with van der Waals surface area (Å²) in [4.78, 5) is 4.26. The minimum absolute atomic E-state index is 0.201. The number of benzene rings is 1. The van der Waals surface area contributed by atoms with Crippen molar-refractivity contribution in [1.29, 1.82) is 0 Å². The summed E-state index contributed by atoms with van der Waals surface area (Å²) in [7, 11) is 0. The van der Waals surface area contributed by atoms with Gasteiger partial charge in [-0.1, -0.05) is 13.0 Å². The third-order valence-electron chi connectivity index (χ3n) is 3.22. The van der Waals surface area contributed by atoms with Crippen LogP contribution < -0.4 is 15.8 Å². The summed E-state index contributed by atoms with van der Waals surface area (Å²) in [6.45, 7) is 6.12. The Balaban J connectivity index is 2.17. The highest BCUT2D eigenvalue weighted by Gasteiger charge is 2.05. The molecule has 0 aliphatic heterocycles. The van der Waals surface area contributed by atoms with Crippen molar-refractivity contribution in [2.24, 2.45) is 0 Å². The van der Waals surface area contributed by atoms with Crippen LogP contribution in [0.25, 0.3) is 0 Å². The molecule has 106 valence electrons. The molecule has 20 heavy (non-hydrogen) atoms. The number of aryl methyl sites for hydroxylation is 1. The van der Waals surface area contributed by atoms with E-state index in [0.29, 0.717) is 11.5 Å². The third-order valence-corrected chi connectivity index (χ3v) is 3.22. The molecule has 0 amide bonds. The molecule has 0 aliphatic carbocycles. The molecule has 1 unspecified atom stereocenters. The number of hydrogen-bond acceptors (Lipinski definition) is 4. The Hall–Kier alpha value is -2.23. The van der Waals surface area contributed by atoms with Crippen molar-refractivity contribution in [2.45, 2.75) is 33.3 Å². The Morgan fingerprint density at radius 3 is 2.90 bits per heavy atom. The van der Waals surface area contributed by atoms with Crippen LogP contribution in [0.2, 0.25) is 0 Å². The average molecular weight is 271 g/mol. The van der Waals surface area contributed by atoms with E-state index in [1.807, 2.05) is 37.3 Å². The maximum Gasteiger partial charge on any atom is 0.153 e. The smallest absolute Gasteiger partial charge is 0.153 e. The standard InChI is InChI=1S/C16H21N3O/c1-4-12(3)20-14-7-5-6-13(10-14)19-16-15(17)11(2)8-9-18-16/h5-10,12H,4,17H2,1-3H3,(H,18,19). The highest BCUT2D eigenvalue weighted by Crippen LogP contribution is 2.26. The Kier molecular flexibility index (Phi) is 4.45. The van der Waals surface area contributed by atoms with Gasteiger partial charge < -0.3 is 15.8 Å². The van der Waals surface area contributed by atoms with Crippen LogP contribution in [0.4, 0.5) is 17.2 Å². The van der Waals surface area contributed by atoms with E-state index in [4.69, 9.17) is 10.5 Å². The van der Waals surface area contributed by atoms with Gasteiger partial charge in [0, 0.05) is 18.0 Å². The molecule has 1 heterocycles. The molecule has 0 spiro atoms. The number of rotatable bonds is 5. The van der Waals surface area contributed by atoms with Gasteiger partial charge in [-0.05, 0) is 44.0 Å². The van der Waals surface area contributed by atoms with E-state index in [9.17, 15) is 0 Å². The molecule has 0 fully saturated rings. The van der Waals surface area contributed by atoms with Gasteiger partial charge in [-0.2, -0.15) is 0 Å². The van der Waals surface area contributed by atoms with Gasteiger partial charge >= 0.3 is 0 Å². The van der Waals surface area contributed by atoms with E-state index >= 15 is 0 Å². The molecule has 0 saturated heterocycles. The first-order chi connectivity index (χ1) is 9.60. The first kappa shape index (κ1) is 14.2. The van der Waals surface area contributed by atoms with Crippen LogP contribution >= 0.6 is 0 Å². The quantitative estimate of drug-likeness (QED) is 0.866. The lowest BCUT2D eigenvalue weighted by atomic mass is 10.2. The van der Waals surface area contributed by atoms with E-state index in [2.05, 4.69) is 24.1 Å². The zero-order chi connectivity index (χ0) is 14.5. The number of nitrogens with zero attached hydrogens (tertiary/aromatic N) is 1. The maximum absolute atomic E-state index is 6.01. The molecular weight excluding hydrogens is 250 g/mol. The number of hydrogen-bond donors (Lipinski definition) is 2. The Bertz CT molecular complexity index is 584. The topological polar surface area (TPSA) is 60.2 Å². The summed E-state index contributed by atoms with van der Waals surface area (Å²) in [5.74, 6) is 1.52. The van der Waals surface area contributed by atoms with E-state index in [1.165, 1.54) is 0 Å². The summed E-state index contributed by atoms with van der Waals surface area (Å²) in [6.07, 6.45) is 2.92. The normalized spacial score (nSPS) is 11.9. The molecule has 0 saturated carbocycles. The van der Waals surface area contributed by atoms with Crippen molar-refractivity contribution < 1.29 is 4.74 Å². The second-order valence-electron chi connectivity index (χ2n) is 4.88. The number of nitrogens with one attached hydrogen (secondary N) is 1. The van der Waals surface area contributed by atoms with Gasteiger partial charge in [0.2, 0.25) is 0 Å². The van der Waals surface area contributed by atoms with Crippen LogP contribution in [0.1, 0.15) is 25.8 Å². The van der Waals surface area contributed by atoms with Crippen molar-refractivity contribution in [2.75, 3.05) is 11.1 Å². The lowest BCUT2D eigenvalue weighted by Gasteiger charge is -2.14. The molecular formula is C16H21N3O. The van der Waals surface area contributed by atoms with Crippen molar-refractivity contribution in [1.82, 2.24) is 4.98 Å². The highest BCUT2D eigenvalue weighted by molar-refractivity contribution is 5.71. The summed E-state index contributed by atoms with van der Waals surface area (Å²) in [5.41, 5.74) is 8.60. The Morgan fingerprint density at radius 2 is 2.15 bits per heavy atom. The predicted octanol–water partition coefficient (Wildman–Crippen LogP) is 3.89. The minimum Gasteiger partial charge on any atom is -0.491 e. The number of nitrogens with two attached hydrogens (primary N) is 1. The molecule has 0 radical (unpaired) electrons. The molecule has 4 heteroatoms. The van der Waals surface area contributed by atoms with Crippen LogP contribution in [0.3, 0.4) is 0 Å². The van der Waals surface area contributed by atoms with Crippen LogP contribution in [0, 0.1) is 6.92 Å². The molecule has 1 aromatic heterocycles. The van der Waals surface area contributed by atoms with Crippen LogP contribution in [0.15, 0.2) is 36.5 Å². The van der Waals surface area contributed by atoms with Gasteiger partial charge in [-0.25, -0.2) is 4.98 Å². The molecule has 2 rings (SSSR count). The molecule has 1 atom stereocenters. The average Bonchev–Trinajstić information content (AvgIpc) is 2.44. The first-order valence-electron chi connectivity index (χ1n) is 6.85. The lowest BCUT2D eigenvalue weighted by Crippen LogP contribution is -2.09. The Morgan fingerprint density at radius 1 is 1.35 bits per heavy atom. The molecule has 3 N–H and O–H groups in total. The SMILES string of the molecule is CCC(C)Oc1cccc(Nc2nccc(C)c2N)c1. The summed E-state index contributed by atoms with van der Waals surface area (Å²) in [5, 5.41) is 3.23. The lowest BCUT2D eigenvalue weighted by molar-refractivity contribution is 0.217. The fourth-order valence-corrected chi connectivity index (χ4v) is 1.77. The van der Waals surface area contributed by atoms with Gasteiger partial charge in [-0.3, -0.25) is 0 Å². The first-order valence-corrected chi connectivity index (χ1v) is 6.85. The van der Waals surface area contributed by atoms with E-state index < -0.39 is 0 Å². The Labute approximate surface area is 120 Å². The maximum atomic E-state index is 6.01. The molecule has 4 nitrogen and oxygen atoms in total. The van der Waals surface area contributed by atoms with Crippen molar-refractivity contribution in [3.8, 4) is 5.75 Å². The van der Waals surface area contributed by atoms with Gasteiger partial charge in [0.15, 0.2) is 5.82 Å². The van der Waals surface area contributed by atoms with Gasteiger partial charge in [0.25, 0.3) is 0 Å². The zero-order valence-corrected chi connectivity index (χ0v) is 12.2. The second-order valence-corrected chi connectivity index (χ2v) is 4.88. The van der Waals surface area contributed by atoms with Gasteiger partial charge in [0.05, 0.1) is 11.8 Å². The number of nitrogen functional groups attached to an aromatic ring is 1. The van der Waals surface area contributed by atoms with E-state index in [1.54, 1.807) is 6.20 Å². The van der Waals surface area contributed by atoms with E-state index in [-0.39, 0.29) is 6.10 Å². The largest absolute Gasteiger partial charge is 0.491 e. The third kappa shape index (κ3) is 3.41. The van der Waals surface area contributed by atoms with Gasteiger partial charge in [-0.15, -0.1) is 0 Å². The summed E-state index contributed by atoms with van der Waals surface area (Å²) in [6, 6.07) is 9.71. The number of aromatic nitrogens is 1. The number of anilines is 3. The predicted molar refractivity (Wildman–Crippen MR) is 83.5 cm³/mol. The fourth-order valence-electron chi connectivity index (χ4n) is 1.77. The summed E-state index contributed by atoms with van der Waals surface area (Å²) < 4.78 is 5.80. The minimum atomic E-state index is 0.201. The van der Waals surface area contributed by atoms with Crippen molar-refractivity contribution in [3.05, 3.63) is 42.1 Å². The van der Waals surface area contributed by atoms with Gasteiger partial charge in [0.1, 0.15) is 5.75 Å².